The highest BCUT2D eigenvalue weighted by atomic mass is 32.2. The first-order chi connectivity index (χ1) is 19.2. The molecule has 4 rings (SSSR count). The first kappa shape index (κ1) is 32.0. The minimum atomic E-state index is -3.90. The van der Waals surface area contributed by atoms with Gasteiger partial charge < -0.3 is 31.1 Å². The Morgan fingerprint density at radius 2 is 2.07 bits per heavy atom. The van der Waals surface area contributed by atoms with Crippen LogP contribution >= 0.6 is 19.5 Å². The Bertz CT molecular complexity index is 1290. The molecule has 2 aliphatic rings. The van der Waals surface area contributed by atoms with Gasteiger partial charge in [-0.2, -0.15) is 9.97 Å². The van der Waals surface area contributed by atoms with Gasteiger partial charge in [-0.05, 0) is 47.5 Å². The monoisotopic (exact) mass is 617 g/mol. The van der Waals surface area contributed by atoms with Crippen LogP contribution < -0.4 is 16.1 Å². The number of nitrogens with two attached hydrogens (primary N) is 1. The zero-order chi connectivity index (χ0) is 30.2. The predicted octanol–water partition coefficient (Wildman–Crippen LogP) is 1.41. The largest absolute Gasteiger partial charge is 0.405 e. The van der Waals surface area contributed by atoms with Gasteiger partial charge in [0.1, 0.15) is 17.8 Å². The summed E-state index contributed by atoms with van der Waals surface area (Å²) < 4.78 is 32.1. The van der Waals surface area contributed by atoms with Crippen LogP contribution in [0.1, 0.15) is 53.7 Å². The Kier molecular flexibility index (Phi) is 9.68. The summed E-state index contributed by atoms with van der Waals surface area (Å²) in [5, 5.41) is 37.4. The Hall–Kier alpha value is -1.88. The lowest BCUT2D eigenvalue weighted by atomic mass is 9.96. The van der Waals surface area contributed by atoms with Gasteiger partial charge >= 0.3 is 7.75 Å². The van der Waals surface area contributed by atoms with Gasteiger partial charge in [-0.3, -0.25) is 18.4 Å². The van der Waals surface area contributed by atoms with Gasteiger partial charge in [-0.1, -0.05) is 11.8 Å². The fraction of sp³-hybridized carbons (Fsp3) is 0.750. The van der Waals surface area contributed by atoms with E-state index in [1.807, 2.05) is 0 Å². The van der Waals surface area contributed by atoms with Gasteiger partial charge in [0.15, 0.2) is 28.3 Å². The van der Waals surface area contributed by atoms with E-state index in [-0.39, 0.29) is 48.7 Å². The Balaban J connectivity index is 1.44. The van der Waals surface area contributed by atoms with Crippen molar-refractivity contribution in [1.82, 2.24) is 24.6 Å². The molecule has 2 unspecified atom stereocenters. The van der Waals surface area contributed by atoms with E-state index < -0.39 is 37.2 Å². The van der Waals surface area contributed by atoms with E-state index in [9.17, 15) is 24.7 Å². The van der Waals surface area contributed by atoms with Crippen molar-refractivity contribution in [2.24, 2.45) is 5.41 Å². The highest BCUT2D eigenvalue weighted by Gasteiger charge is 2.54. The lowest BCUT2D eigenvalue weighted by Crippen LogP contribution is -2.44. The molecule has 2 aromatic rings. The van der Waals surface area contributed by atoms with Crippen LogP contribution in [0, 0.1) is 5.41 Å². The van der Waals surface area contributed by atoms with Gasteiger partial charge in [-0.25, -0.2) is 14.6 Å². The fourth-order valence-electron chi connectivity index (χ4n) is 4.16. The second-order valence-electron chi connectivity index (χ2n) is 11.5. The molecule has 1 aliphatic heterocycles. The lowest BCUT2D eigenvalue weighted by molar-refractivity contribution is -0.119. The number of ether oxygens (including phenoxy) is 1. The normalized spacial score (nSPS) is 26.5. The Morgan fingerprint density at radius 1 is 1.37 bits per heavy atom. The van der Waals surface area contributed by atoms with Gasteiger partial charge in [0.2, 0.25) is 5.95 Å². The summed E-state index contributed by atoms with van der Waals surface area (Å²) in [6, 6.07) is 0.00489. The van der Waals surface area contributed by atoms with Crippen LogP contribution in [0.25, 0.3) is 11.2 Å². The molecule has 0 amide bonds. The van der Waals surface area contributed by atoms with E-state index in [1.165, 1.54) is 17.8 Å². The number of nitrogen functional groups attached to an aromatic ring is 1. The summed E-state index contributed by atoms with van der Waals surface area (Å²) in [7, 11) is -3.90. The van der Waals surface area contributed by atoms with Gasteiger partial charge in [-0.15, -0.1) is 0 Å². The average molecular weight is 618 g/mol. The molecular weight excluding hydrogens is 577 g/mol. The van der Waals surface area contributed by atoms with Gasteiger partial charge in [0, 0.05) is 17.8 Å². The molecule has 41 heavy (non-hydrogen) atoms. The molecule has 3 heterocycles. The SMILES string of the molecule is CC(C)NP(=O)(OCCSC(=O)C(C)(C)CO)OC[C@H]1O[C@@H](n2cnc3c(NC4CC4)nc(N)nc32)[C@@](C)(O)C1O. The van der Waals surface area contributed by atoms with Crippen LogP contribution in [0.2, 0.25) is 0 Å². The average Bonchev–Trinajstić information content (AvgIpc) is 3.56. The molecule has 1 aliphatic carbocycles. The molecule has 2 fully saturated rings. The molecule has 0 radical (unpaired) electrons. The molecule has 0 bridgehead atoms. The first-order valence-electron chi connectivity index (χ1n) is 13.4. The molecule has 1 saturated carbocycles. The molecule has 1 saturated heterocycles. The second kappa shape index (κ2) is 12.4. The second-order valence-corrected chi connectivity index (χ2v) is 14.3. The number of carbonyl (C=O) groups is 1. The zero-order valence-corrected chi connectivity index (χ0v) is 25.5. The molecule has 0 spiro atoms. The quantitative estimate of drug-likeness (QED) is 0.130. The highest BCUT2D eigenvalue weighted by molar-refractivity contribution is 8.13. The molecule has 230 valence electrons. The van der Waals surface area contributed by atoms with Crippen LogP contribution in [-0.4, -0.2) is 95.4 Å². The van der Waals surface area contributed by atoms with Crippen LogP contribution in [0.4, 0.5) is 11.8 Å². The number of aliphatic hydroxyl groups excluding tert-OH is 2. The number of aromatic nitrogens is 4. The number of fused-ring (bicyclic) bond motifs is 1. The number of carbonyl (C=O) groups excluding carboxylic acids is 1. The third-order valence-corrected chi connectivity index (χ3v) is 9.74. The minimum Gasteiger partial charge on any atom is -0.395 e. The summed E-state index contributed by atoms with van der Waals surface area (Å²) in [4.78, 5) is 25.2. The number of anilines is 2. The number of thioether (sulfide) groups is 1. The maximum Gasteiger partial charge on any atom is 0.405 e. The maximum atomic E-state index is 13.5. The Labute approximate surface area is 242 Å². The molecule has 7 N–H and O–H groups in total. The van der Waals surface area contributed by atoms with Crippen molar-refractivity contribution < 1.29 is 38.5 Å². The smallest absolute Gasteiger partial charge is 0.395 e. The van der Waals surface area contributed by atoms with Crippen molar-refractivity contribution in [2.75, 3.05) is 36.6 Å². The Morgan fingerprint density at radius 3 is 2.71 bits per heavy atom. The molecule has 2 aromatic heterocycles. The van der Waals surface area contributed by atoms with E-state index in [2.05, 4.69) is 25.4 Å². The summed E-state index contributed by atoms with van der Waals surface area (Å²) in [6.07, 6.45) is -0.207. The van der Waals surface area contributed by atoms with Gasteiger partial charge in [0.05, 0.1) is 31.6 Å². The lowest BCUT2D eigenvalue weighted by Gasteiger charge is -2.27. The van der Waals surface area contributed by atoms with Crippen LogP contribution in [-0.2, 0) is 23.1 Å². The number of hydrogen-bond donors (Lipinski definition) is 6. The fourth-order valence-corrected chi connectivity index (χ4v) is 6.62. The number of nitrogens with one attached hydrogen (secondary N) is 2. The number of rotatable bonds is 14. The van der Waals surface area contributed by atoms with Crippen molar-refractivity contribution in [2.45, 2.75) is 83.6 Å². The number of imidazole rings is 1. The van der Waals surface area contributed by atoms with E-state index in [0.717, 1.165) is 24.6 Å². The summed E-state index contributed by atoms with van der Waals surface area (Å²) in [5.41, 5.74) is 3.98. The van der Waals surface area contributed by atoms with Gasteiger partial charge in [0.25, 0.3) is 0 Å². The molecule has 15 nitrogen and oxygen atoms in total. The maximum absolute atomic E-state index is 13.5. The number of hydrogen-bond acceptors (Lipinski definition) is 14. The van der Waals surface area contributed by atoms with Crippen molar-refractivity contribution in [1.29, 1.82) is 0 Å². The van der Waals surface area contributed by atoms with Crippen LogP contribution in [0.15, 0.2) is 6.33 Å². The standard InChI is InChI=1S/C24H40N7O8PS/c1-13(2)30-40(36,37-8-9-41-21(34)23(3,4)11-32)38-10-15-17(33)24(5,35)20(39-15)31-12-26-16-18(27-14-6-7-14)28-22(25)29-19(16)31/h12-15,17,20,32-33,35H,6-11H2,1-5H3,(H,30,36)(H3,25,27,28,29)/t15-,17?,20-,24+,40?/m1/s1. The molecular formula is C24H40N7O8PS. The van der Waals surface area contributed by atoms with Crippen LogP contribution in [0.3, 0.4) is 0 Å². The number of nitrogens with zero attached hydrogens (tertiary/aromatic N) is 4. The molecule has 5 atom stereocenters. The molecule has 17 heteroatoms. The molecule has 0 aromatic carbocycles. The highest BCUT2D eigenvalue weighted by Crippen LogP contribution is 2.47. The zero-order valence-electron chi connectivity index (χ0n) is 23.8. The third-order valence-electron chi connectivity index (χ3n) is 6.71. The van der Waals surface area contributed by atoms with E-state index in [4.69, 9.17) is 19.5 Å². The summed E-state index contributed by atoms with van der Waals surface area (Å²) in [6.45, 7) is 7.43. The number of aliphatic hydroxyl groups is 3. The van der Waals surface area contributed by atoms with Crippen molar-refractivity contribution in [3.8, 4) is 0 Å². The van der Waals surface area contributed by atoms with Crippen molar-refractivity contribution in [3.05, 3.63) is 6.33 Å². The minimum absolute atomic E-state index is 0.0121. The van der Waals surface area contributed by atoms with E-state index >= 15 is 0 Å². The summed E-state index contributed by atoms with van der Waals surface area (Å²) in [5.74, 6) is 0.674. The van der Waals surface area contributed by atoms with Crippen molar-refractivity contribution >= 4 is 47.6 Å². The predicted molar refractivity (Wildman–Crippen MR) is 153 cm³/mol. The van der Waals surface area contributed by atoms with Crippen molar-refractivity contribution in [3.63, 3.8) is 0 Å². The topological polar surface area (TPSA) is 216 Å². The van der Waals surface area contributed by atoms with E-state index in [0.29, 0.717) is 17.0 Å². The van der Waals surface area contributed by atoms with E-state index in [1.54, 1.807) is 27.7 Å². The summed E-state index contributed by atoms with van der Waals surface area (Å²) >= 11 is 0.961. The third kappa shape index (κ3) is 7.37. The first-order valence-corrected chi connectivity index (χ1v) is 16.0. The van der Waals surface area contributed by atoms with Crippen LogP contribution in [0.5, 0.6) is 0 Å².